The summed E-state index contributed by atoms with van der Waals surface area (Å²) in [4.78, 5) is 10.2. The summed E-state index contributed by atoms with van der Waals surface area (Å²) in [5.74, 6) is -0.801. The Hall–Kier alpha value is -1.81. The number of nitrogens with two attached hydrogens (primary N) is 1. The number of phenols is 1. The summed E-state index contributed by atoms with van der Waals surface area (Å²) >= 11 is 0. The van der Waals surface area contributed by atoms with Crippen LogP contribution in [0.5, 0.6) is 5.75 Å². The minimum atomic E-state index is -1.00. The van der Waals surface area contributed by atoms with Crippen LogP contribution in [0, 0.1) is 0 Å². The number of phenolic OH excluding ortho intramolecular Hbond substituents is 1. The highest BCUT2D eigenvalue weighted by molar-refractivity contribution is 5.79. The van der Waals surface area contributed by atoms with E-state index in [0.717, 1.165) is 11.6 Å². The van der Waals surface area contributed by atoms with Gasteiger partial charge < -0.3 is 15.9 Å². The summed E-state index contributed by atoms with van der Waals surface area (Å²) in [6.07, 6.45) is 3.02. The Morgan fingerprint density at radius 2 is 2.00 bits per heavy atom. The van der Waals surface area contributed by atoms with Gasteiger partial charge in [0.15, 0.2) is 0 Å². The molecular weight excluding hydrogens is 194 g/mol. The Morgan fingerprint density at radius 3 is 2.53 bits per heavy atom. The lowest BCUT2D eigenvalue weighted by Crippen LogP contribution is -2.20. The third-order valence-electron chi connectivity index (χ3n) is 1.89. The second-order valence-electron chi connectivity index (χ2n) is 3.23. The summed E-state index contributed by atoms with van der Waals surface area (Å²) in [6, 6.07) is 6.32. The predicted molar refractivity (Wildman–Crippen MR) is 56.6 cm³/mol. The first kappa shape index (κ1) is 11.3. The Morgan fingerprint density at radius 1 is 1.40 bits per heavy atom. The molecule has 1 aromatic carbocycles. The van der Waals surface area contributed by atoms with Gasteiger partial charge in [-0.3, -0.25) is 0 Å². The van der Waals surface area contributed by atoms with Gasteiger partial charge in [0.1, 0.15) is 5.75 Å². The molecule has 0 aliphatic carbocycles. The highest BCUT2D eigenvalue weighted by Crippen LogP contribution is 2.10. The smallest absolute Gasteiger partial charge is 0.328 e. The van der Waals surface area contributed by atoms with Gasteiger partial charge in [-0.2, -0.15) is 0 Å². The molecule has 0 aromatic heterocycles. The molecule has 4 nitrogen and oxygen atoms in total. The molecule has 1 aromatic rings. The fourth-order valence-corrected chi connectivity index (χ4v) is 1.18. The number of aliphatic carboxylic acids is 1. The lowest BCUT2D eigenvalue weighted by atomic mass is 10.1. The number of carboxylic acid groups (broad SMARTS) is 1. The van der Waals surface area contributed by atoms with E-state index in [1.165, 1.54) is 6.08 Å². The summed E-state index contributed by atoms with van der Waals surface area (Å²) in [5.41, 5.74) is 6.63. The Balaban J connectivity index is 2.54. The average Bonchev–Trinajstić information content (AvgIpc) is 2.19. The number of rotatable bonds is 4. The number of carboxylic acids is 1. The number of benzene rings is 1. The molecule has 0 aliphatic rings. The van der Waals surface area contributed by atoms with Gasteiger partial charge in [-0.25, -0.2) is 4.79 Å². The number of aromatic hydroxyl groups is 1. The lowest BCUT2D eigenvalue weighted by Gasteiger charge is -2.05. The van der Waals surface area contributed by atoms with E-state index in [9.17, 15) is 4.79 Å². The highest BCUT2D eigenvalue weighted by Gasteiger charge is 2.00. The van der Waals surface area contributed by atoms with Crippen LogP contribution in [-0.4, -0.2) is 22.2 Å². The van der Waals surface area contributed by atoms with Crippen molar-refractivity contribution in [3.05, 3.63) is 42.0 Å². The summed E-state index contributed by atoms with van der Waals surface area (Å²) in [7, 11) is 0. The largest absolute Gasteiger partial charge is 0.508 e. The van der Waals surface area contributed by atoms with Crippen LogP contribution in [0.25, 0.3) is 0 Å². The van der Waals surface area contributed by atoms with Gasteiger partial charge >= 0.3 is 5.97 Å². The fourth-order valence-electron chi connectivity index (χ4n) is 1.18. The molecule has 80 valence electrons. The van der Waals surface area contributed by atoms with E-state index in [4.69, 9.17) is 15.9 Å². The van der Waals surface area contributed by atoms with Gasteiger partial charge in [-0.15, -0.1) is 0 Å². The molecule has 0 spiro atoms. The molecular formula is C11H13NO3. The molecule has 0 aliphatic heterocycles. The summed E-state index contributed by atoms with van der Waals surface area (Å²) in [6.45, 7) is 0. The van der Waals surface area contributed by atoms with Gasteiger partial charge in [0, 0.05) is 12.1 Å². The quantitative estimate of drug-likeness (QED) is 0.640. The molecule has 0 radical (unpaired) electrons. The van der Waals surface area contributed by atoms with Crippen molar-refractivity contribution in [2.45, 2.75) is 12.5 Å². The fraction of sp³-hybridized carbons (Fsp3) is 0.182. The summed E-state index contributed by atoms with van der Waals surface area (Å²) in [5, 5.41) is 17.4. The van der Waals surface area contributed by atoms with E-state index < -0.39 is 5.97 Å². The van der Waals surface area contributed by atoms with Crippen LogP contribution >= 0.6 is 0 Å². The van der Waals surface area contributed by atoms with E-state index in [0.29, 0.717) is 6.42 Å². The molecule has 0 heterocycles. The number of carbonyl (C=O) groups is 1. The van der Waals surface area contributed by atoms with E-state index in [1.807, 2.05) is 0 Å². The van der Waals surface area contributed by atoms with Crippen LogP contribution in [0.3, 0.4) is 0 Å². The maximum Gasteiger partial charge on any atom is 0.328 e. The van der Waals surface area contributed by atoms with Gasteiger partial charge in [0.2, 0.25) is 0 Å². The second kappa shape index (κ2) is 5.17. The number of hydrogen-bond acceptors (Lipinski definition) is 3. The standard InChI is InChI=1S/C11H13NO3/c12-9(3-6-11(14)15)7-8-1-4-10(13)5-2-8/h1-6,9,13H,7,12H2,(H,14,15)/b6-3+/t9-/m1/s1. The summed E-state index contributed by atoms with van der Waals surface area (Å²) < 4.78 is 0. The third-order valence-corrected chi connectivity index (χ3v) is 1.89. The highest BCUT2D eigenvalue weighted by atomic mass is 16.4. The average molecular weight is 207 g/mol. The molecule has 0 saturated heterocycles. The first-order valence-electron chi connectivity index (χ1n) is 4.52. The monoisotopic (exact) mass is 207 g/mol. The van der Waals surface area contributed by atoms with Crippen molar-refractivity contribution in [3.8, 4) is 5.75 Å². The van der Waals surface area contributed by atoms with Crippen LogP contribution in [0.2, 0.25) is 0 Å². The molecule has 4 N–H and O–H groups in total. The molecule has 1 rings (SSSR count). The normalized spacial score (nSPS) is 12.9. The van der Waals surface area contributed by atoms with E-state index in [1.54, 1.807) is 24.3 Å². The molecule has 0 saturated carbocycles. The molecule has 0 amide bonds. The molecule has 15 heavy (non-hydrogen) atoms. The van der Waals surface area contributed by atoms with E-state index >= 15 is 0 Å². The third kappa shape index (κ3) is 4.28. The Labute approximate surface area is 87.7 Å². The van der Waals surface area contributed by atoms with Crippen molar-refractivity contribution < 1.29 is 15.0 Å². The van der Waals surface area contributed by atoms with Crippen LogP contribution in [-0.2, 0) is 11.2 Å². The lowest BCUT2D eigenvalue weighted by molar-refractivity contribution is -0.131. The molecule has 1 atom stereocenters. The van der Waals surface area contributed by atoms with Gasteiger partial charge in [-0.1, -0.05) is 18.2 Å². The molecule has 0 unspecified atom stereocenters. The van der Waals surface area contributed by atoms with Crippen LogP contribution in [0.15, 0.2) is 36.4 Å². The minimum Gasteiger partial charge on any atom is -0.508 e. The van der Waals surface area contributed by atoms with Crippen LogP contribution < -0.4 is 5.73 Å². The van der Waals surface area contributed by atoms with Crippen molar-refractivity contribution in [2.24, 2.45) is 5.73 Å². The zero-order valence-corrected chi connectivity index (χ0v) is 8.13. The van der Waals surface area contributed by atoms with E-state index in [2.05, 4.69) is 0 Å². The maximum absolute atomic E-state index is 10.2. The van der Waals surface area contributed by atoms with Crippen molar-refractivity contribution in [1.82, 2.24) is 0 Å². The topological polar surface area (TPSA) is 83.6 Å². The van der Waals surface area contributed by atoms with Crippen molar-refractivity contribution in [1.29, 1.82) is 0 Å². The van der Waals surface area contributed by atoms with Gasteiger partial charge in [-0.05, 0) is 24.1 Å². The van der Waals surface area contributed by atoms with Crippen molar-refractivity contribution >= 4 is 5.97 Å². The van der Waals surface area contributed by atoms with Gasteiger partial charge in [0.05, 0.1) is 0 Å². The number of hydrogen-bond donors (Lipinski definition) is 3. The SMILES string of the molecule is N[C@H](/C=C/C(=O)O)Cc1ccc(O)cc1. The first-order valence-corrected chi connectivity index (χ1v) is 4.52. The Kier molecular flexibility index (Phi) is 3.88. The molecule has 0 bridgehead atoms. The Bertz CT molecular complexity index is 357. The first-order chi connectivity index (χ1) is 7.08. The minimum absolute atomic E-state index is 0.202. The van der Waals surface area contributed by atoms with Crippen LogP contribution in [0.4, 0.5) is 0 Å². The molecule has 4 heteroatoms. The maximum atomic E-state index is 10.2. The van der Waals surface area contributed by atoms with Crippen LogP contribution in [0.1, 0.15) is 5.56 Å². The second-order valence-corrected chi connectivity index (χ2v) is 3.23. The molecule has 0 fully saturated rings. The zero-order chi connectivity index (χ0) is 11.3. The van der Waals surface area contributed by atoms with E-state index in [-0.39, 0.29) is 11.8 Å². The van der Waals surface area contributed by atoms with Gasteiger partial charge in [0.25, 0.3) is 0 Å². The zero-order valence-electron chi connectivity index (χ0n) is 8.13. The predicted octanol–water partition coefficient (Wildman–Crippen LogP) is 0.903. The van der Waals surface area contributed by atoms with Crippen molar-refractivity contribution in [3.63, 3.8) is 0 Å². The van der Waals surface area contributed by atoms with Crippen molar-refractivity contribution in [2.75, 3.05) is 0 Å².